The van der Waals surface area contributed by atoms with Crippen molar-refractivity contribution in [3.8, 4) is 0 Å². The maximum Gasteiger partial charge on any atom is 0.397 e. The van der Waals surface area contributed by atoms with E-state index in [9.17, 15) is 114 Å². The van der Waals surface area contributed by atoms with Crippen LogP contribution in [0.3, 0.4) is 0 Å². The zero-order chi connectivity index (χ0) is 56.6. The Bertz CT molecular complexity index is 1980. The fraction of sp³-hybridized carbons (Fsp3) is 0.897. The number of carbonyl (C=O) groups excluding carboxylic acids is 3. The smallest absolute Gasteiger partial charge is 0.397 e. The molecule has 4 fully saturated rings. The van der Waals surface area contributed by atoms with Gasteiger partial charge in [-0.3, -0.25) is 18.9 Å². The molecule has 0 aromatic rings. The van der Waals surface area contributed by atoms with Crippen LogP contribution in [-0.4, -0.2) is 311 Å². The number of aliphatic carboxylic acids is 1. The van der Waals surface area contributed by atoms with Gasteiger partial charge in [-0.1, -0.05) is 0 Å². The minimum Gasteiger partial charge on any atom is -0.477 e. The van der Waals surface area contributed by atoms with Gasteiger partial charge in [0.2, 0.25) is 17.7 Å². The van der Waals surface area contributed by atoms with Gasteiger partial charge >= 0.3 is 16.4 Å². The number of hydrogen-bond acceptors (Lipinski definition) is 30. The summed E-state index contributed by atoms with van der Waals surface area (Å²) in [5.74, 6) is -8.03. The molecule has 4 aliphatic rings. The third kappa shape index (κ3) is 16.0. The van der Waals surface area contributed by atoms with Crippen LogP contribution in [0.4, 0.5) is 0 Å². The van der Waals surface area contributed by atoms with E-state index < -0.39 is 233 Å². The van der Waals surface area contributed by atoms with E-state index in [1.54, 1.807) is 0 Å². The van der Waals surface area contributed by atoms with Crippen LogP contribution in [-0.2, 0) is 71.7 Å². The number of aliphatic hydroxyl groups is 15. The SMILES string of the molecule is CC(=O)N[C@H]1[C@H](OC[C@@H](O)[C@H](O)[C@H](O[C@@H]2O[C@H](CO)[C@H](O)[C@H](O)[C@H]2O)[C@H](CO)NC(C)=O)O[C@H](COS(=O)(=O)O)[C@@H](O[C@@H]2O[C@H](CO)[C@H](O)[C@H](O[C@]3(C(=O)O)C[C@H](O)[C@@H](NC(C)=O)[C@H]([C@H](O)[C@H](O)CO)O3)[C@H]2O)[C@@H]1O. The first-order valence-corrected chi connectivity index (χ1v) is 24.2. The highest BCUT2D eigenvalue weighted by Crippen LogP contribution is 2.39. The second-order valence-electron chi connectivity index (χ2n) is 17.9. The number of hydrogen-bond donors (Lipinski definition) is 20. The summed E-state index contributed by atoms with van der Waals surface area (Å²) in [4.78, 5) is 49.6. The average Bonchev–Trinajstić information content (AvgIpc) is 3.34. The molecule has 436 valence electrons. The lowest BCUT2D eigenvalue weighted by Crippen LogP contribution is -2.71. The molecular formula is C39H67N3O32S. The van der Waals surface area contributed by atoms with Crippen LogP contribution in [0.25, 0.3) is 0 Å². The second-order valence-corrected chi connectivity index (χ2v) is 19.0. The molecule has 0 saturated carbocycles. The molecule has 4 aliphatic heterocycles. The highest BCUT2D eigenvalue weighted by atomic mass is 32.3. The van der Waals surface area contributed by atoms with Gasteiger partial charge in [-0.2, -0.15) is 8.42 Å². The lowest BCUT2D eigenvalue weighted by molar-refractivity contribution is -0.383. The number of rotatable bonds is 25. The largest absolute Gasteiger partial charge is 0.477 e. The van der Waals surface area contributed by atoms with Crippen LogP contribution in [0.2, 0.25) is 0 Å². The van der Waals surface area contributed by atoms with Crippen LogP contribution in [0, 0.1) is 0 Å². The molecule has 35 nitrogen and oxygen atoms in total. The van der Waals surface area contributed by atoms with Crippen LogP contribution >= 0.6 is 0 Å². The Labute approximate surface area is 424 Å². The Morgan fingerprint density at radius 2 is 1.25 bits per heavy atom. The fourth-order valence-corrected chi connectivity index (χ4v) is 8.89. The van der Waals surface area contributed by atoms with Gasteiger partial charge in [0.1, 0.15) is 110 Å². The highest BCUT2D eigenvalue weighted by molar-refractivity contribution is 7.80. The van der Waals surface area contributed by atoms with Crippen molar-refractivity contribution in [2.24, 2.45) is 0 Å². The van der Waals surface area contributed by atoms with E-state index in [0.29, 0.717) is 0 Å². The van der Waals surface area contributed by atoms with Crippen molar-refractivity contribution in [3.05, 3.63) is 0 Å². The Morgan fingerprint density at radius 3 is 1.79 bits per heavy atom. The molecule has 36 heteroatoms. The summed E-state index contributed by atoms with van der Waals surface area (Å²) in [7, 11) is -5.41. The molecule has 0 aromatic carbocycles. The molecule has 4 saturated heterocycles. The van der Waals surface area contributed by atoms with Gasteiger partial charge in [0, 0.05) is 27.2 Å². The number of carbonyl (C=O) groups is 4. The first-order valence-electron chi connectivity index (χ1n) is 22.8. The number of carboxylic acids is 1. The minimum atomic E-state index is -5.41. The van der Waals surface area contributed by atoms with Crippen LogP contribution in [0.15, 0.2) is 0 Å². The first-order chi connectivity index (χ1) is 34.9. The van der Waals surface area contributed by atoms with Crippen LogP contribution in [0.1, 0.15) is 27.2 Å². The van der Waals surface area contributed by atoms with Gasteiger partial charge in [0.15, 0.2) is 18.9 Å². The lowest BCUT2D eigenvalue weighted by atomic mass is 9.88. The molecule has 0 spiro atoms. The number of carboxylic acid groups (broad SMARTS) is 1. The summed E-state index contributed by atoms with van der Waals surface area (Å²) in [5.41, 5.74) is 0. The van der Waals surface area contributed by atoms with Gasteiger partial charge in [-0.25, -0.2) is 8.98 Å². The van der Waals surface area contributed by atoms with E-state index in [2.05, 4.69) is 20.1 Å². The summed E-state index contributed by atoms with van der Waals surface area (Å²) < 4.78 is 82.3. The molecule has 75 heavy (non-hydrogen) atoms. The lowest BCUT2D eigenvalue weighted by Gasteiger charge is -2.51. The minimum absolute atomic E-state index is 0.838. The molecule has 20 N–H and O–H groups in total. The molecule has 4 heterocycles. The first kappa shape index (κ1) is 64.4. The van der Waals surface area contributed by atoms with Gasteiger partial charge in [-0.05, 0) is 0 Å². The summed E-state index contributed by atoms with van der Waals surface area (Å²) >= 11 is 0. The summed E-state index contributed by atoms with van der Waals surface area (Å²) in [6.07, 6.45) is -46.1. The van der Waals surface area contributed by atoms with Crippen molar-refractivity contribution in [1.29, 1.82) is 0 Å². The number of amides is 3. The molecule has 0 aliphatic carbocycles. The topological polar surface area (TPSA) is 565 Å². The zero-order valence-electron chi connectivity index (χ0n) is 39.9. The van der Waals surface area contributed by atoms with Gasteiger partial charge < -0.3 is 136 Å². The van der Waals surface area contributed by atoms with E-state index in [4.69, 9.17) is 37.9 Å². The van der Waals surface area contributed by atoms with E-state index >= 15 is 0 Å². The fourth-order valence-electron chi connectivity index (χ4n) is 8.59. The van der Waals surface area contributed by atoms with Gasteiger partial charge in [-0.15, -0.1) is 0 Å². The molecule has 0 radical (unpaired) electrons. The zero-order valence-corrected chi connectivity index (χ0v) is 40.8. The normalized spacial score (nSPS) is 39.0. The Morgan fingerprint density at radius 1 is 0.680 bits per heavy atom. The summed E-state index contributed by atoms with van der Waals surface area (Å²) in [6.45, 7) is -4.01. The Balaban J connectivity index is 1.66. The van der Waals surface area contributed by atoms with Gasteiger partial charge in [0.25, 0.3) is 5.79 Å². The van der Waals surface area contributed by atoms with E-state index in [1.807, 2.05) is 0 Å². The van der Waals surface area contributed by atoms with Crippen molar-refractivity contribution in [3.63, 3.8) is 0 Å². The third-order valence-corrected chi connectivity index (χ3v) is 12.8. The number of nitrogens with one attached hydrogen (secondary N) is 3. The second kappa shape index (κ2) is 27.6. The van der Waals surface area contributed by atoms with Crippen LogP contribution < -0.4 is 16.0 Å². The number of aliphatic hydroxyl groups excluding tert-OH is 15. The third-order valence-electron chi connectivity index (χ3n) is 12.3. The van der Waals surface area contributed by atoms with Crippen molar-refractivity contribution in [1.82, 2.24) is 16.0 Å². The highest BCUT2D eigenvalue weighted by Gasteiger charge is 2.60. The standard InChI is InChI=1S/C39H67N3O32S/c1-11(47)40-14(5-43)31(71-36-29(59)28(58)25(55)18(7-45)68-36)24(54)17(52)9-66-35-22(42-13(3)49)27(57)32(20(70-35)10-67-75(63,64)65)72-37-30(60)34(26(56)19(8-46)69-37)74-39(38(61)62)4-15(50)21(41-12(2)48)33(73-39)23(53)16(51)6-44/h14-37,43-46,50-60H,4-10H2,1-3H3,(H,40,47)(H,41,48)(H,42,49)(H,61,62)(H,63,64,65)/t14-,15-,16+,17+,18+,19+,20+,21+,22+,23+,24-,25-,26-,27+,28-,29+,30+,31+,32+,33+,34-,35+,36-,37-,39-/m0/s1. The Kier molecular flexibility index (Phi) is 23.7. The van der Waals surface area contributed by atoms with E-state index in [1.165, 1.54) is 0 Å². The van der Waals surface area contributed by atoms with Crippen molar-refractivity contribution >= 4 is 34.1 Å². The summed E-state index contributed by atoms with van der Waals surface area (Å²) in [6, 6.07) is -5.29. The molecule has 3 amide bonds. The van der Waals surface area contributed by atoms with Crippen molar-refractivity contribution in [2.45, 2.75) is 180 Å². The van der Waals surface area contributed by atoms with Crippen molar-refractivity contribution < 1.29 is 156 Å². The molecule has 0 aromatic heterocycles. The molecule has 4 rings (SSSR count). The van der Waals surface area contributed by atoms with Crippen LogP contribution in [0.5, 0.6) is 0 Å². The summed E-state index contributed by atoms with van der Waals surface area (Å²) in [5, 5.41) is 177. The maximum absolute atomic E-state index is 13.0. The average molecular weight is 1120 g/mol. The monoisotopic (exact) mass is 1120 g/mol. The molecule has 25 atom stereocenters. The maximum atomic E-state index is 13.0. The van der Waals surface area contributed by atoms with Crippen molar-refractivity contribution in [2.75, 3.05) is 39.6 Å². The predicted octanol–water partition coefficient (Wildman–Crippen LogP) is -12.8. The molecular weight excluding hydrogens is 1050 g/mol. The quantitative estimate of drug-likeness (QED) is 0.0378. The molecule has 0 bridgehead atoms. The van der Waals surface area contributed by atoms with E-state index in [0.717, 1.165) is 20.8 Å². The molecule has 0 unspecified atom stereocenters. The van der Waals surface area contributed by atoms with E-state index in [-0.39, 0.29) is 0 Å². The predicted molar refractivity (Wildman–Crippen MR) is 231 cm³/mol. The number of ether oxygens (including phenoxy) is 8. The van der Waals surface area contributed by atoms with Gasteiger partial charge in [0.05, 0.1) is 57.8 Å². The Hall–Kier alpha value is -3.17.